The SMILES string of the molecule is O=C(/C=C/c1ccccc1)NC(=S)Nc1ccc(Cl)c(C(=O)NC2CCCCC2)c1. The summed E-state index contributed by atoms with van der Waals surface area (Å²) in [5.74, 6) is -0.545. The highest BCUT2D eigenvalue weighted by molar-refractivity contribution is 7.80. The van der Waals surface area contributed by atoms with Crippen LogP contribution in [0.3, 0.4) is 0 Å². The van der Waals surface area contributed by atoms with Gasteiger partial charge >= 0.3 is 0 Å². The third-order valence-electron chi connectivity index (χ3n) is 4.87. The number of hydrogen-bond donors (Lipinski definition) is 3. The molecule has 0 unspecified atom stereocenters. The van der Waals surface area contributed by atoms with Crippen molar-refractivity contribution in [2.75, 3.05) is 5.32 Å². The van der Waals surface area contributed by atoms with Crippen molar-refractivity contribution in [1.82, 2.24) is 10.6 Å². The molecule has 0 bridgehead atoms. The van der Waals surface area contributed by atoms with Crippen LogP contribution in [0.5, 0.6) is 0 Å². The van der Waals surface area contributed by atoms with Crippen molar-refractivity contribution in [2.24, 2.45) is 0 Å². The number of carbonyl (C=O) groups excluding carboxylic acids is 2. The van der Waals surface area contributed by atoms with Crippen LogP contribution in [0.25, 0.3) is 6.08 Å². The third kappa shape index (κ3) is 6.68. The van der Waals surface area contributed by atoms with Gasteiger partial charge in [0.15, 0.2) is 5.11 Å². The Labute approximate surface area is 186 Å². The van der Waals surface area contributed by atoms with E-state index in [-0.39, 0.29) is 23.0 Å². The molecule has 1 aliphatic rings. The van der Waals surface area contributed by atoms with E-state index in [1.54, 1.807) is 24.3 Å². The van der Waals surface area contributed by atoms with Crippen LogP contribution in [-0.4, -0.2) is 23.0 Å². The minimum Gasteiger partial charge on any atom is -0.349 e. The third-order valence-corrected chi connectivity index (χ3v) is 5.41. The highest BCUT2D eigenvalue weighted by Gasteiger charge is 2.18. The molecule has 3 rings (SSSR count). The van der Waals surface area contributed by atoms with Crippen molar-refractivity contribution in [3.8, 4) is 0 Å². The molecule has 30 heavy (non-hydrogen) atoms. The van der Waals surface area contributed by atoms with E-state index >= 15 is 0 Å². The number of benzene rings is 2. The molecule has 0 heterocycles. The van der Waals surface area contributed by atoms with Gasteiger partial charge in [0.2, 0.25) is 5.91 Å². The maximum absolute atomic E-state index is 12.6. The second-order valence-electron chi connectivity index (χ2n) is 7.19. The Morgan fingerprint density at radius 3 is 2.50 bits per heavy atom. The molecule has 2 aromatic carbocycles. The number of halogens is 1. The van der Waals surface area contributed by atoms with Gasteiger partial charge in [0.05, 0.1) is 10.6 Å². The predicted octanol–water partition coefficient (Wildman–Crippen LogP) is 4.93. The highest BCUT2D eigenvalue weighted by Crippen LogP contribution is 2.22. The van der Waals surface area contributed by atoms with Crippen LogP contribution in [0.2, 0.25) is 5.02 Å². The number of anilines is 1. The maximum Gasteiger partial charge on any atom is 0.253 e. The molecule has 2 aromatic rings. The lowest BCUT2D eigenvalue weighted by Crippen LogP contribution is -2.36. The van der Waals surface area contributed by atoms with Crippen molar-refractivity contribution < 1.29 is 9.59 Å². The lowest BCUT2D eigenvalue weighted by atomic mass is 9.95. The number of hydrogen-bond acceptors (Lipinski definition) is 3. The Morgan fingerprint density at radius 1 is 1.03 bits per heavy atom. The van der Waals surface area contributed by atoms with Crippen molar-refractivity contribution in [1.29, 1.82) is 0 Å². The standard InChI is InChI=1S/C23H24ClN3O2S/c24-20-13-12-18(15-19(20)22(29)25-17-9-5-2-6-10-17)26-23(30)27-21(28)14-11-16-7-3-1-4-8-16/h1,3-4,7-8,11-15,17H,2,5-6,9-10H2,(H,25,29)(H2,26,27,28,30)/b14-11+. The molecule has 1 fully saturated rings. The Balaban J connectivity index is 1.57. The molecule has 2 amide bonds. The zero-order valence-corrected chi connectivity index (χ0v) is 18.1. The zero-order valence-electron chi connectivity index (χ0n) is 16.5. The van der Waals surface area contributed by atoms with Crippen molar-refractivity contribution in [3.63, 3.8) is 0 Å². The van der Waals surface area contributed by atoms with E-state index in [0.717, 1.165) is 31.2 Å². The molecule has 156 valence electrons. The molecular weight excluding hydrogens is 418 g/mol. The lowest BCUT2D eigenvalue weighted by Gasteiger charge is -2.23. The molecule has 0 spiro atoms. The van der Waals surface area contributed by atoms with Crippen LogP contribution < -0.4 is 16.0 Å². The number of nitrogens with one attached hydrogen (secondary N) is 3. The first kappa shape index (κ1) is 22.0. The number of carbonyl (C=O) groups is 2. The summed E-state index contributed by atoms with van der Waals surface area (Å²) in [6.45, 7) is 0. The molecular formula is C23H24ClN3O2S. The second kappa shape index (κ2) is 10.9. The van der Waals surface area contributed by atoms with Gasteiger partial charge in [0.25, 0.3) is 5.91 Å². The quantitative estimate of drug-likeness (QED) is 0.454. The van der Waals surface area contributed by atoms with Crippen LogP contribution in [0, 0.1) is 0 Å². The molecule has 0 saturated heterocycles. The fourth-order valence-electron chi connectivity index (χ4n) is 3.34. The minimum atomic E-state index is -0.347. The van der Waals surface area contributed by atoms with Crippen LogP contribution in [0.1, 0.15) is 48.0 Å². The average Bonchev–Trinajstić information content (AvgIpc) is 2.75. The van der Waals surface area contributed by atoms with Gasteiger partial charge in [-0.05, 0) is 54.9 Å². The summed E-state index contributed by atoms with van der Waals surface area (Å²) in [5.41, 5.74) is 1.87. The maximum atomic E-state index is 12.6. The van der Waals surface area contributed by atoms with E-state index in [1.807, 2.05) is 30.3 Å². The smallest absolute Gasteiger partial charge is 0.253 e. The normalized spacial score (nSPS) is 14.3. The van der Waals surface area contributed by atoms with Gasteiger partial charge in [-0.1, -0.05) is 61.2 Å². The van der Waals surface area contributed by atoms with Gasteiger partial charge in [-0.25, -0.2) is 0 Å². The summed E-state index contributed by atoms with van der Waals surface area (Å²) in [5, 5.41) is 9.08. The molecule has 1 saturated carbocycles. The summed E-state index contributed by atoms with van der Waals surface area (Å²) in [4.78, 5) is 24.7. The van der Waals surface area contributed by atoms with Gasteiger partial charge in [0.1, 0.15) is 0 Å². The van der Waals surface area contributed by atoms with Gasteiger partial charge in [-0.15, -0.1) is 0 Å². The molecule has 5 nitrogen and oxygen atoms in total. The van der Waals surface area contributed by atoms with Gasteiger partial charge < -0.3 is 10.6 Å². The van der Waals surface area contributed by atoms with Crippen LogP contribution in [-0.2, 0) is 4.79 Å². The zero-order chi connectivity index (χ0) is 21.3. The molecule has 7 heteroatoms. The second-order valence-corrected chi connectivity index (χ2v) is 8.01. The Hall–Kier alpha value is -2.70. The fourth-order valence-corrected chi connectivity index (χ4v) is 3.76. The fraction of sp³-hybridized carbons (Fsp3) is 0.261. The highest BCUT2D eigenvalue weighted by atomic mass is 35.5. The van der Waals surface area contributed by atoms with Gasteiger partial charge in [-0.2, -0.15) is 0 Å². The Bertz CT molecular complexity index is 941. The van der Waals surface area contributed by atoms with Gasteiger partial charge in [-0.3, -0.25) is 14.9 Å². The molecule has 3 N–H and O–H groups in total. The first-order valence-corrected chi connectivity index (χ1v) is 10.8. The van der Waals surface area contributed by atoms with E-state index in [9.17, 15) is 9.59 Å². The number of amides is 2. The Kier molecular flexibility index (Phi) is 7.99. The van der Waals surface area contributed by atoms with Crippen molar-refractivity contribution in [2.45, 2.75) is 38.1 Å². The predicted molar refractivity (Wildman–Crippen MR) is 126 cm³/mol. The summed E-state index contributed by atoms with van der Waals surface area (Å²) >= 11 is 11.4. The van der Waals surface area contributed by atoms with E-state index < -0.39 is 0 Å². The largest absolute Gasteiger partial charge is 0.349 e. The van der Waals surface area contributed by atoms with Gasteiger partial charge in [0, 0.05) is 17.8 Å². The summed E-state index contributed by atoms with van der Waals surface area (Å²) in [6, 6.07) is 14.7. The van der Waals surface area contributed by atoms with Crippen molar-refractivity contribution >= 4 is 52.5 Å². The van der Waals surface area contributed by atoms with E-state index in [1.165, 1.54) is 12.5 Å². The molecule has 0 aliphatic heterocycles. The monoisotopic (exact) mass is 441 g/mol. The summed E-state index contributed by atoms with van der Waals surface area (Å²) in [7, 11) is 0. The number of rotatable bonds is 5. The summed E-state index contributed by atoms with van der Waals surface area (Å²) < 4.78 is 0. The van der Waals surface area contributed by atoms with Crippen molar-refractivity contribution in [3.05, 3.63) is 70.8 Å². The molecule has 1 aliphatic carbocycles. The first-order chi connectivity index (χ1) is 14.5. The van der Waals surface area contributed by atoms with Crippen LogP contribution in [0.4, 0.5) is 5.69 Å². The van der Waals surface area contributed by atoms with E-state index in [0.29, 0.717) is 16.3 Å². The van der Waals surface area contributed by atoms with Crippen LogP contribution in [0.15, 0.2) is 54.6 Å². The minimum absolute atomic E-state index is 0.138. The molecule has 0 aromatic heterocycles. The van der Waals surface area contributed by atoms with Crippen LogP contribution >= 0.6 is 23.8 Å². The first-order valence-electron chi connectivity index (χ1n) is 9.97. The Morgan fingerprint density at radius 2 is 1.77 bits per heavy atom. The summed E-state index contributed by atoms with van der Waals surface area (Å²) in [6.07, 6.45) is 8.58. The molecule has 0 atom stereocenters. The van der Waals surface area contributed by atoms with E-state index in [4.69, 9.17) is 23.8 Å². The topological polar surface area (TPSA) is 70.2 Å². The average molecular weight is 442 g/mol. The molecule has 0 radical (unpaired) electrons. The lowest BCUT2D eigenvalue weighted by molar-refractivity contribution is -0.115. The van der Waals surface area contributed by atoms with E-state index in [2.05, 4.69) is 16.0 Å². The number of thiocarbonyl (C=S) groups is 1.